The predicted molar refractivity (Wildman–Crippen MR) is 116 cm³/mol. The first kappa shape index (κ1) is 19.2. The standard InChI is InChI=1S/C23H33N5/c1-4-27-16-20(19-8-6-5-7-9-19)15-23(17-27)10-12-28(13-11-23)21-14-18(2)25-22(24-3)26-21/h5-9,14,20H,4,10-13,15-17H2,1-3H3,(H,24,25,26)/t20-/m0/s1. The molecule has 0 saturated carbocycles. The second-order valence-corrected chi connectivity index (χ2v) is 8.57. The Morgan fingerprint density at radius 2 is 1.89 bits per heavy atom. The molecule has 1 atom stereocenters. The Kier molecular flexibility index (Phi) is 5.54. The van der Waals surface area contributed by atoms with Crippen molar-refractivity contribution in [3.8, 4) is 0 Å². The second kappa shape index (κ2) is 8.08. The zero-order valence-corrected chi connectivity index (χ0v) is 17.5. The molecule has 0 bridgehead atoms. The number of piperidine rings is 2. The molecule has 2 saturated heterocycles. The number of likely N-dealkylation sites (N-methyl/N-ethyl adjacent to an activating group) is 1. The minimum atomic E-state index is 0.430. The van der Waals surface area contributed by atoms with Crippen molar-refractivity contribution in [3.63, 3.8) is 0 Å². The third kappa shape index (κ3) is 4.00. The van der Waals surface area contributed by atoms with Crippen molar-refractivity contribution in [2.24, 2.45) is 5.41 Å². The van der Waals surface area contributed by atoms with E-state index in [1.165, 1.54) is 37.9 Å². The first-order chi connectivity index (χ1) is 13.6. The summed E-state index contributed by atoms with van der Waals surface area (Å²) in [6.07, 6.45) is 3.79. The maximum atomic E-state index is 4.70. The Morgan fingerprint density at radius 1 is 1.14 bits per heavy atom. The molecular weight excluding hydrogens is 346 g/mol. The Morgan fingerprint density at radius 3 is 2.57 bits per heavy atom. The highest BCUT2D eigenvalue weighted by molar-refractivity contribution is 5.45. The van der Waals surface area contributed by atoms with E-state index >= 15 is 0 Å². The molecule has 5 heteroatoms. The summed E-state index contributed by atoms with van der Waals surface area (Å²) in [6, 6.07) is 13.2. The van der Waals surface area contributed by atoms with Crippen molar-refractivity contribution in [1.82, 2.24) is 14.9 Å². The Balaban J connectivity index is 1.49. The second-order valence-electron chi connectivity index (χ2n) is 8.57. The van der Waals surface area contributed by atoms with Gasteiger partial charge in [-0.05, 0) is 49.6 Å². The van der Waals surface area contributed by atoms with Gasteiger partial charge in [0.2, 0.25) is 5.95 Å². The average molecular weight is 380 g/mol. The first-order valence-corrected chi connectivity index (χ1v) is 10.7. The molecule has 28 heavy (non-hydrogen) atoms. The largest absolute Gasteiger partial charge is 0.357 e. The van der Waals surface area contributed by atoms with E-state index in [4.69, 9.17) is 4.98 Å². The fourth-order valence-electron chi connectivity index (χ4n) is 5.09. The van der Waals surface area contributed by atoms with Crippen LogP contribution >= 0.6 is 0 Å². The molecule has 5 nitrogen and oxygen atoms in total. The van der Waals surface area contributed by atoms with Gasteiger partial charge in [0.25, 0.3) is 0 Å². The molecule has 1 spiro atoms. The normalized spacial score (nSPS) is 22.4. The van der Waals surface area contributed by atoms with Gasteiger partial charge in [0.1, 0.15) is 5.82 Å². The molecule has 1 aromatic heterocycles. The van der Waals surface area contributed by atoms with E-state index in [0.717, 1.165) is 31.1 Å². The summed E-state index contributed by atoms with van der Waals surface area (Å²) in [5, 5.41) is 3.09. The number of rotatable bonds is 4. The van der Waals surface area contributed by atoms with Crippen LogP contribution < -0.4 is 10.2 Å². The lowest BCUT2D eigenvalue weighted by Crippen LogP contribution is -2.51. The van der Waals surface area contributed by atoms with Crippen molar-refractivity contribution < 1.29 is 0 Å². The topological polar surface area (TPSA) is 44.3 Å². The van der Waals surface area contributed by atoms with E-state index in [9.17, 15) is 0 Å². The molecule has 0 amide bonds. The number of anilines is 2. The highest BCUT2D eigenvalue weighted by Crippen LogP contribution is 2.45. The lowest BCUT2D eigenvalue weighted by molar-refractivity contribution is 0.0543. The fraction of sp³-hybridized carbons (Fsp3) is 0.565. The number of hydrogen-bond donors (Lipinski definition) is 1. The van der Waals surface area contributed by atoms with Crippen LogP contribution in [-0.4, -0.2) is 54.6 Å². The molecule has 0 unspecified atom stereocenters. The lowest BCUT2D eigenvalue weighted by Gasteiger charge is -2.50. The molecule has 0 aliphatic carbocycles. The highest BCUT2D eigenvalue weighted by Gasteiger charge is 2.42. The van der Waals surface area contributed by atoms with Crippen LogP contribution in [0.15, 0.2) is 36.4 Å². The van der Waals surface area contributed by atoms with Gasteiger partial charge in [-0.1, -0.05) is 37.3 Å². The van der Waals surface area contributed by atoms with Crippen LogP contribution in [0.5, 0.6) is 0 Å². The average Bonchev–Trinajstić information content (AvgIpc) is 2.74. The molecule has 2 aliphatic heterocycles. The van der Waals surface area contributed by atoms with Crippen molar-refractivity contribution in [2.45, 2.75) is 39.0 Å². The van der Waals surface area contributed by atoms with Crippen LogP contribution in [-0.2, 0) is 0 Å². The van der Waals surface area contributed by atoms with E-state index in [1.54, 1.807) is 0 Å². The van der Waals surface area contributed by atoms with E-state index in [-0.39, 0.29) is 0 Å². The van der Waals surface area contributed by atoms with E-state index in [1.807, 2.05) is 14.0 Å². The smallest absolute Gasteiger partial charge is 0.224 e. The number of nitrogens with zero attached hydrogens (tertiary/aromatic N) is 4. The van der Waals surface area contributed by atoms with Gasteiger partial charge >= 0.3 is 0 Å². The van der Waals surface area contributed by atoms with E-state index in [2.05, 4.69) is 63.4 Å². The van der Waals surface area contributed by atoms with Gasteiger partial charge in [-0.3, -0.25) is 0 Å². The Hall–Kier alpha value is -2.14. The minimum absolute atomic E-state index is 0.430. The molecule has 0 radical (unpaired) electrons. The van der Waals surface area contributed by atoms with Crippen LogP contribution in [0.4, 0.5) is 11.8 Å². The monoisotopic (exact) mass is 379 g/mol. The number of aromatic nitrogens is 2. The first-order valence-electron chi connectivity index (χ1n) is 10.7. The molecule has 150 valence electrons. The van der Waals surface area contributed by atoms with Gasteiger partial charge in [-0.2, -0.15) is 4.98 Å². The zero-order valence-electron chi connectivity index (χ0n) is 17.5. The summed E-state index contributed by atoms with van der Waals surface area (Å²) in [4.78, 5) is 14.3. The molecule has 2 aromatic rings. The lowest BCUT2D eigenvalue weighted by atomic mass is 9.68. The molecule has 1 N–H and O–H groups in total. The number of benzene rings is 1. The predicted octanol–water partition coefficient (Wildman–Crippen LogP) is 3.92. The Bertz CT molecular complexity index is 783. The maximum Gasteiger partial charge on any atom is 0.224 e. The number of likely N-dealkylation sites (tertiary alicyclic amines) is 1. The number of hydrogen-bond acceptors (Lipinski definition) is 5. The molecule has 2 aliphatic rings. The van der Waals surface area contributed by atoms with Gasteiger partial charge in [0.05, 0.1) is 0 Å². The van der Waals surface area contributed by atoms with Crippen molar-refractivity contribution >= 4 is 11.8 Å². The van der Waals surface area contributed by atoms with Crippen molar-refractivity contribution in [3.05, 3.63) is 47.7 Å². The van der Waals surface area contributed by atoms with E-state index in [0.29, 0.717) is 17.3 Å². The van der Waals surface area contributed by atoms with Crippen molar-refractivity contribution in [1.29, 1.82) is 0 Å². The molecule has 4 rings (SSSR count). The van der Waals surface area contributed by atoms with Gasteiger partial charge in [-0.15, -0.1) is 0 Å². The van der Waals surface area contributed by atoms with Gasteiger partial charge < -0.3 is 15.1 Å². The summed E-state index contributed by atoms with van der Waals surface area (Å²) in [6.45, 7) is 10.1. The number of nitrogens with one attached hydrogen (secondary N) is 1. The Labute approximate surface area is 169 Å². The van der Waals surface area contributed by atoms with Crippen LogP contribution in [0, 0.1) is 12.3 Å². The maximum absolute atomic E-state index is 4.70. The van der Waals surface area contributed by atoms with Gasteiger partial charge in [0, 0.05) is 45.0 Å². The molecule has 2 fully saturated rings. The summed E-state index contributed by atoms with van der Waals surface area (Å²) >= 11 is 0. The van der Waals surface area contributed by atoms with Crippen LogP contribution in [0.25, 0.3) is 0 Å². The van der Waals surface area contributed by atoms with E-state index < -0.39 is 0 Å². The van der Waals surface area contributed by atoms with Crippen molar-refractivity contribution in [2.75, 3.05) is 50.0 Å². The zero-order chi connectivity index (χ0) is 19.6. The van der Waals surface area contributed by atoms with Crippen LogP contribution in [0.1, 0.15) is 43.4 Å². The van der Waals surface area contributed by atoms with Crippen LogP contribution in [0.3, 0.4) is 0 Å². The summed E-state index contributed by atoms with van der Waals surface area (Å²) < 4.78 is 0. The van der Waals surface area contributed by atoms with Gasteiger partial charge in [-0.25, -0.2) is 4.98 Å². The summed E-state index contributed by atoms with van der Waals surface area (Å²) in [5.74, 6) is 2.43. The molecular formula is C23H33N5. The fourth-order valence-corrected chi connectivity index (χ4v) is 5.09. The highest BCUT2D eigenvalue weighted by atomic mass is 15.2. The van der Waals surface area contributed by atoms with Gasteiger partial charge in [0.15, 0.2) is 0 Å². The molecule has 3 heterocycles. The summed E-state index contributed by atoms with van der Waals surface area (Å²) in [7, 11) is 1.88. The summed E-state index contributed by atoms with van der Waals surface area (Å²) in [5.41, 5.74) is 2.96. The third-order valence-corrected chi connectivity index (χ3v) is 6.65. The number of aryl methyl sites for hydroxylation is 1. The quantitative estimate of drug-likeness (QED) is 0.872. The molecule has 1 aromatic carbocycles. The SMILES string of the molecule is CCN1C[C@@H](c2ccccc2)CC2(CCN(c3cc(C)nc(NC)n3)CC2)C1. The van der Waals surface area contributed by atoms with Crippen LogP contribution in [0.2, 0.25) is 0 Å². The minimum Gasteiger partial charge on any atom is -0.357 e. The third-order valence-electron chi connectivity index (χ3n) is 6.65.